The Bertz CT molecular complexity index is 1180. The molecule has 4 rings (SSSR count). The summed E-state index contributed by atoms with van der Waals surface area (Å²) in [6.07, 6.45) is 1.76. The van der Waals surface area contributed by atoms with Crippen molar-refractivity contribution in [3.05, 3.63) is 80.3 Å². The van der Waals surface area contributed by atoms with Crippen LogP contribution in [0.5, 0.6) is 5.75 Å². The number of thiazole rings is 1. The number of nitrogens with one attached hydrogen (secondary N) is 1. The van der Waals surface area contributed by atoms with E-state index in [0.29, 0.717) is 35.9 Å². The fraction of sp³-hybridized carbons (Fsp3) is 0.370. The number of carbonyl (C=O) groups is 2. The molecule has 184 valence electrons. The second kappa shape index (κ2) is 11.2. The first-order valence-electron chi connectivity index (χ1n) is 11.8. The highest BCUT2D eigenvalue weighted by Crippen LogP contribution is 2.31. The van der Waals surface area contributed by atoms with Gasteiger partial charge in [0.25, 0.3) is 11.8 Å². The topological polar surface area (TPSA) is 71.5 Å². The predicted molar refractivity (Wildman–Crippen MR) is 140 cm³/mol. The lowest BCUT2D eigenvalue weighted by molar-refractivity contribution is 0.0713. The summed E-state index contributed by atoms with van der Waals surface area (Å²) in [7, 11) is 0. The summed E-state index contributed by atoms with van der Waals surface area (Å²) in [5.74, 6) is 0.863. The van der Waals surface area contributed by atoms with Crippen LogP contribution in [-0.2, 0) is 6.54 Å². The molecule has 2 heterocycles. The van der Waals surface area contributed by atoms with Crippen LogP contribution in [-0.4, -0.2) is 40.9 Å². The van der Waals surface area contributed by atoms with Gasteiger partial charge in [0.1, 0.15) is 11.4 Å². The van der Waals surface area contributed by atoms with Gasteiger partial charge in [-0.1, -0.05) is 23.7 Å². The third-order valence-corrected chi connectivity index (χ3v) is 7.46. The molecule has 1 fully saturated rings. The molecule has 1 saturated heterocycles. The van der Waals surface area contributed by atoms with Crippen LogP contribution in [0.4, 0.5) is 0 Å². The Balaban J connectivity index is 1.28. The van der Waals surface area contributed by atoms with E-state index in [9.17, 15) is 9.59 Å². The fourth-order valence-electron chi connectivity index (χ4n) is 4.06. The third kappa shape index (κ3) is 6.41. The Kier molecular flexibility index (Phi) is 8.08. The molecule has 8 heteroatoms. The average molecular weight is 512 g/mol. The highest BCUT2D eigenvalue weighted by Gasteiger charge is 2.27. The normalized spacial score (nSPS) is 14.3. The maximum Gasteiger partial charge on any atom is 0.271 e. The van der Waals surface area contributed by atoms with E-state index >= 15 is 0 Å². The van der Waals surface area contributed by atoms with Gasteiger partial charge in [-0.2, -0.15) is 0 Å². The van der Waals surface area contributed by atoms with E-state index in [1.54, 1.807) is 0 Å². The Labute approximate surface area is 215 Å². The van der Waals surface area contributed by atoms with Gasteiger partial charge >= 0.3 is 0 Å². The molecule has 1 aliphatic heterocycles. The smallest absolute Gasteiger partial charge is 0.271 e. The molecule has 1 N–H and O–H groups in total. The summed E-state index contributed by atoms with van der Waals surface area (Å²) in [4.78, 5) is 32.0. The van der Waals surface area contributed by atoms with Gasteiger partial charge in [-0.3, -0.25) is 9.59 Å². The van der Waals surface area contributed by atoms with E-state index in [-0.39, 0.29) is 23.8 Å². The van der Waals surface area contributed by atoms with Crippen molar-refractivity contribution in [1.29, 1.82) is 0 Å². The van der Waals surface area contributed by atoms with Gasteiger partial charge in [-0.05, 0) is 75.1 Å². The number of aromatic nitrogens is 1. The molecule has 6 nitrogen and oxygen atoms in total. The SMILES string of the molecule is Cc1ccc(CNC(=O)c2csc(C3CCN(C(=O)c4ccc(OC(C)C)cc4)CC3)n2)cc1Cl. The molecular weight excluding hydrogens is 482 g/mol. The van der Waals surface area contributed by atoms with Crippen LogP contribution >= 0.6 is 22.9 Å². The van der Waals surface area contributed by atoms with Gasteiger partial charge in [-0.15, -0.1) is 11.3 Å². The predicted octanol–water partition coefficient (Wildman–Crippen LogP) is 5.84. The molecule has 0 atom stereocenters. The van der Waals surface area contributed by atoms with Crippen molar-refractivity contribution in [2.45, 2.75) is 52.2 Å². The van der Waals surface area contributed by atoms with Crippen LogP contribution in [0.15, 0.2) is 47.8 Å². The number of nitrogens with zero attached hydrogens (tertiary/aromatic N) is 2. The Morgan fingerprint density at radius 3 is 2.54 bits per heavy atom. The first-order chi connectivity index (χ1) is 16.8. The summed E-state index contributed by atoms with van der Waals surface area (Å²) in [6, 6.07) is 13.1. The number of aryl methyl sites for hydroxylation is 1. The molecule has 35 heavy (non-hydrogen) atoms. The lowest BCUT2D eigenvalue weighted by atomic mass is 9.97. The van der Waals surface area contributed by atoms with E-state index in [1.165, 1.54) is 11.3 Å². The summed E-state index contributed by atoms with van der Waals surface area (Å²) < 4.78 is 5.66. The molecule has 1 aliphatic rings. The maximum absolute atomic E-state index is 12.9. The second-order valence-electron chi connectivity index (χ2n) is 9.09. The van der Waals surface area contributed by atoms with Crippen LogP contribution in [0.1, 0.15) is 69.6 Å². The molecule has 2 aromatic carbocycles. The Morgan fingerprint density at radius 2 is 1.89 bits per heavy atom. The first-order valence-corrected chi connectivity index (χ1v) is 13.1. The molecule has 0 saturated carbocycles. The molecular formula is C27H30ClN3O3S. The molecule has 0 spiro atoms. The molecule has 2 amide bonds. The van der Waals surface area contributed by atoms with Crippen molar-refractivity contribution in [3.63, 3.8) is 0 Å². The molecule has 0 unspecified atom stereocenters. The lowest BCUT2D eigenvalue weighted by Gasteiger charge is -2.31. The number of carbonyl (C=O) groups excluding carboxylic acids is 2. The van der Waals surface area contributed by atoms with E-state index in [1.807, 2.05) is 73.5 Å². The minimum absolute atomic E-state index is 0.0370. The third-order valence-electron chi connectivity index (χ3n) is 6.05. The van der Waals surface area contributed by atoms with Crippen LogP contribution < -0.4 is 10.1 Å². The zero-order chi connectivity index (χ0) is 24.9. The highest BCUT2D eigenvalue weighted by atomic mass is 35.5. The van der Waals surface area contributed by atoms with Crippen molar-refractivity contribution >= 4 is 34.8 Å². The number of benzene rings is 2. The minimum atomic E-state index is -0.193. The minimum Gasteiger partial charge on any atom is -0.491 e. The number of hydrogen-bond donors (Lipinski definition) is 1. The van der Waals surface area contributed by atoms with Gasteiger partial charge in [0.2, 0.25) is 0 Å². The number of likely N-dealkylation sites (tertiary alicyclic amines) is 1. The number of hydrogen-bond acceptors (Lipinski definition) is 5. The van der Waals surface area contributed by atoms with Crippen molar-refractivity contribution in [3.8, 4) is 5.75 Å². The second-order valence-corrected chi connectivity index (χ2v) is 10.4. The van der Waals surface area contributed by atoms with Crippen LogP contribution in [0.3, 0.4) is 0 Å². The molecule has 0 bridgehead atoms. The first kappa shape index (κ1) is 25.2. The van der Waals surface area contributed by atoms with E-state index in [4.69, 9.17) is 16.3 Å². The molecule has 3 aromatic rings. The van der Waals surface area contributed by atoms with Gasteiger partial charge in [-0.25, -0.2) is 4.98 Å². The maximum atomic E-state index is 12.9. The summed E-state index contributed by atoms with van der Waals surface area (Å²) >= 11 is 7.68. The number of piperidine rings is 1. The van der Waals surface area contributed by atoms with Crippen molar-refractivity contribution < 1.29 is 14.3 Å². The monoisotopic (exact) mass is 511 g/mol. The van der Waals surface area contributed by atoms with Crippen molar-refractivity contribution in [2.75, 3.05) is 13.1 Å². The highest BCUT2D eigenvalue weighted by molar-refractivity contribution is 7.09. The quantitative estimate of drug-likeness (QED) is 0.432. The van der Waals surface area contributed by atoms with E-state index in [0.717, 1.165) is 34.7 Å². The fourth-order valence-corrected chi connectivity index (χ4v) is 5.23. The van der Waals surface area contributed by atoms with Crippen LogP contribution in [0, 0.1) is 6.92 Å². The van der Waals surface area contributed by atoms with E-state index in [2.05, 4.69) is 10.3 Å². The van der Waals surface area contributed by atoms with E-state index < -0.39 is 0 Å². The van der Waals surface area contributed by atoms with Gasteiger partial charge in [0, 0.05) is 41.5 Å². The summed E-state index contributed by atoms with van der Waals surface area (Å²) in [6.45, 7) is 7.64. The van der Waals surface area contributed by atoms with Gasteiger partial charge < -0.3 is 15.0 Å². The Morgan fingerprint density at radius 1 is 1.17 bits per heavy atom. The van der Waals surface area contributed by atoms with Crippen molar-refractivity contribution in [2.24, 2.45) is 0 Å². The average Bonchev–Trinajstić information content (AvgIpc) is 3.35. The number of halogens is 1. The number of rotatable bonds is 7. The standard InChI is InChI=1S/C27H30ClN3O3S/c1-17(2)34-22-8-6-21(7-9-22)27(33)31-12-10-20(11-13-31)26-30-24(16-35-26)25(32)29-15-19-5-4-18(3)23(28)14-19/h4-9,14,16-17,20H,10-13,15H2,1-3H3,(H,29,32). The number of ether oxygens (including phenoxy) is 1. The molecule has 1 aromatic heterocycles. The lowest BCUT2D eigenvalue weighted by Crippen LogP contribution is -2.37. The zero-order valence-electron chi connectivity index (χ0n) is 20.2. The van der Waals surface area contributed by atoms with Crippen molar-refractivity contribution in [1.82, 2.24) is 15.2 Å². The number of amides is 2. The largest absolute Gasteiger partial charge is 0.491 e. The Hall–Kier alpha value is -2.90. The zero-order valence-corrected chi connectivity index (χ0v) is 21.8. The van der Waals surface area contributed by atoms with Gasteiger partial charge in [0.05, 0.1) is 11.1 Å². The van der Waals surface area contributed by atoms with Crippen LogP contribution in [0.2, 0.25) is 5.02 Å². The van der Waals surface area contributed by atoms with Crippen LogP contribution in [0.25, 0.3) is 0 Å². The molecule has 0 radical (unpaired) electrons. The summed E-state index contributed by atoms with van der Waals surface area (Å²) in [5, 5.41) is 6.37. The molecule has 0 aliphatic carbocycles. The summed E-state index contributed by atoms with van der Waals surface area (Å²) in [5.41, 5.74) is 3.06. The van der Waals surface area contributed by atoms with Gasteiger partial charge in [0.15, 0.2) is 0 Å².